The van der Waals surface area contributed by atoms with Gasteiger partial charge in [0.2, 0.25) is 0 Å². The van der Waals surface area contributed by atoms with E-state index in [1.165, 1.54) is 0 Å². The second-order valence-electron chi connectivity index (χ2n) is 4.99. The van der Waals surface area contributed by atoms with E-state index in [9.17, 15) is 0 Å². The van der Waals surface area contributed by atoms with Crippen molar-refractivity contribution in [3.8, 4) is 5.75 Å². The van der Waals surface area contributed by atoms with Gasteiger partial charge in [0, 0.05) is 11.1 Å². The fourth-order valence-corrected chi connectivity index (χ4v) is 2.19. The number of hydrogen-bond acceptors (Lipinski definition) is 4. The van der Waals surface area contributed by atoms with Crippen molar-refractivity contribution in [2.24, 2.45) is 11.8 Å². The van der Waals surface area contributed by atoms with Gasteiger partial charge in [0.1, 0.15) is 11.3 Å². The molecule has 0 amide bonds. The molecule has 2 aromatic rings. The van der Waals surface area contributed by atoms with Crippen LogP contribution in [0.15, 0.2) is 24.3 Å². The third-order valence-electron chi connectivity index (χ3n) is 2.93. The van der Waals surface area contributed by atoms with E-state index < -0.39 is 0 Å². The molecule has 0 aliphatic rings. The van der Waals surface area contributed by atoms with Gasteiger partial charge in [-0.3, -0.25) is 5.84 Å². The Morgan fingerprint density at radius 1 is 1.37 bits per heavy atom. The van der Waals surface area contributed by atoms with Gasteiger partial charge < -0.3 is 10.2 Å². The summed E-state index contributed by atoms with van der Waals surface area (Å²) in [6.07, 6.45) is 0.922. The van der Waals surface area contributed by atoms with E-state index in [0.717, 1.165) is 34.5 Å². The van der Waals surface area contributed by atoms with Crippen molar-refractivity contribution >= 4 is 16.6 Å². The molecule has 19 heavy (non-hydrogen) atoms. The lowest BCUT2D eigenvalue weighted by molar-refractivity contribution is 0.343. The molecule has 0 spiro atoms. The fraction of sp³-hybridized carbons (Fsp3) is 0.400. The van der Waals surface area contributed by atoms with Crippen molar-refractivity contribution in [3.63, 3.8) is 0 Å². The molecule has 0 atom stereocenters. The number of ether oxygens (including phenoxy) is 1. The average molecular weight is 259 g/mol. The first-order chi connectivity index (χ1) is 9.15. The average Bonchev–Trinajstić information content (AvgIpc) is 2.38. The van der Waals surface area contributed by atoms with Crippen LogP contribution in [0.25, 0.3) is 10.9 Å². The van der Waals surface area contributed by atoms with E-state index in [0.29, 0.717) is 12.5 Å². The highest BCUT2D eigenvalue weighted by atomic mass is 16.5. The Hall–Kier alpha value is -1.81. The molecule has 1 aromatic heterocycles. The SMILES string of the molecule is CCOc1cccc2c(NN)cc(CC(C)C)nc12. The lowest BCUT2D eigenvalue weighted by Gasteiger charge is -2.13. The quantitative estimate of drug-likeness (QED) is 0.640. The summed E-state index contributed by atoms with van der Waals surface area (Å²) in [5.41, 5.74) is 5.55. The Labute approximate surface area is 113 Å². The van der Waals surface area contributed by atoms with E-state index in [1.54, 1.807) is 0 Å². The van der Waals surface area contributed by atoms with E-state index >= 15 is 0 Å². The molecule has 0 bridgehead atoms. The Morgan fingerprint density at radius 3 is 2.79 bits per heavy atom. The molecule has 1 aromatic carbocycles. The van der Waals surface area contributed by atoms with Crippen LogP contribution < -0.4 is 16.0 Å². The maximum Gasteiger partial charge on any atom is 0.145 e. The molecule has 4 nitrogen and oxygen atoms in total. The molecule has 4 heteroatoms. The van der Waals surface area contributed by atoms with Gasteiger partial charge in [0.15, 0.2) is 0 Å². The Morgan fingerprint density at radius 2 is 2.16 bits per heavy atom. The number of hydrogen-bond donors (Lipinski definition) is 2. The maximum atomic E-state index is 5.65. The number of fused-ring (bicyclic) bond motifs is 1. The number of nitrogens with one attached hydrogen (secondary N) is 1. The van der Waals surface area contributed by atoms with E-state index in [1.807, 2.05) is 31.2 Å². The molecule has 0 fully saturated rings. The number of anilines is 1. The predicted octanol–water partition coefficient (Wildman–Crippen LogP) is 3.12. The van der Waals surface area contributed by atoms with Gasteiger partial charge >= 0.3 is 0 Å². The van der Waals surface area contributed by atoms with Gasteiger partial charge in [-0.15, -0.1) is 0 Å². The number of benzene rings is 1. The molecule has 1 heterocycles. The van der Waals surface area contributed by atoms with E-state index in [-0.39, 0.29) is 0 Å². The summed E-state index contributed by atoms with van der Waals surface area (Å²) in [4.78, 5) is 4.72. The zero-order valence-electron chi connectivity index (χ0n) is 11.7. The lowest BCUT2D eigenvalue weighted by atomic mass is 10.1. The van der Waals surface area contributed by atoms with Gasteiger partial charge in [-0.25, -0.2) is 4.98 Å². The van der Waals surface area contributed by atoms with Crippen molar-refractivity contribution in [2.45, 2.75) is 27.2 Å². The summed E-state index contributed by atoms with van der Waals surface area (Å²) in [5, 5.41) is 0.987. The fourth-order valence-electron chi connectivity index (χ4n) is 2.19. The summed E-state index contributed by atoms with van der Waals surface area (Å²) in [6.45, 7) is 6.95. The van der Waals surface area contributed by atoms with Crippen molar-refractivity contribution in [3.05, 3.63) is 30.0 Å². The maximum absolute atomic E-state index is 5.65. The van der Waals surface area contributed by atoms with Crippen molar-refractivity contribution in [1.82, 2.24) is 4.98 Å². The Bertz CT molecular complexity index is 567. The summed E-state index contributed by atoms with van der Waals surface area (Å²) in [5.74, 6) is 6.98. The smallest absolute Gasteiger partial charge is 0.145 e. The lowest BCUT2D eigenvalue weighted by Crippen LogP contribution is -2.09. The molecule has 102 valence electrons. The molecule has 0 radical (unpaired) electrons. The largest absolute Gasteiger partial charge is 0.492 e. The van der Waals surface area contributed by atoms with Gasteiger partial charge in [-0.1, -0.05) is 26.0 Å². The highest BCUT2D eigenvalue weighted by Gasteiger charge is 2.10. The first-order valence-corrected chi connectivity index (χ1v) is 6.67. The van der Waals surface area contributed by atoms with Crippen LogP contribution in [0.5, 0.6) is 5.75 Å². The molecule has 0 aliphatic carbocycles. The highest BCUT2D eigenvalue weighted by Crippen LogP contribution is 2.30. The molecular formula is C15H21N3O. The minimum Gasteiger partial charge on any atom is -0.492 e. The second kappa shape index (κ2) is 5.89. The van der Waals surface area contributed by atoms with Gasteiger partial charge in [-0.05, 0) is 31.4 Å². The van der Waals surface area contributed by atoms with Crippen LogP contribution in [0.3, 0.4) is 0 Å². The van der Waals surface area contributed by atoms with Crippen LogP contribution in [-0.2, 0) is 6.42 Å². The van der Waals surface area contributed by atoms with Gasteiger partial charge in [0.25, 0.3) is 0 Å². The normalized spacial score (nSPS) is 11.0. The molecule has 0 saturated carbocycles. The van der Waals surface area contributed by atoms with Gasteiger partial charge in [0.05, 0.1) is 12.3 Å². The van der Waals surface area contributed by atoms with Crippen LogP contribution >= 0.6 is 0 Å². The number of nitrogens with zero attached hydrogens (tertiary/aromatic N) is 1. The summed E-state index contributed by atoms with van der Waals surface area (Å²) >= 11 is 0. The minimum absolute atomic E-state index is 0.551. The number of nitrogens with two attached hydrogens (primary N) is 1. The highest BCUT2D eigenvalue weighted by molar-refractivity contribution is 5.94. The molecule has 0 aliphatic heterocycles. The number of pyridine rings is 1. The molecule has 0 unspecified atom stereocenters. The molecule has 2 rings (SSSR count). The summed E-state index contributed by atoms with van der Waals surface area (Å²) in [7, 11) is 0. The number of hydrazine groups is 1. The third kappa shape index (κ3) is 2.96. The van der Waals surface area contributed by atoms with Crippen LogP contribution in [0.2, 0.25) is 0 Å². The first kappa shape index (κ1) is 13.6. The third-order valence-corrected chi connectivity index (χ3v) is 2.93. The van der Waals surface area contributed by atoms with Crippen LogP contribution in [0.4, 0.5) is 5.69 Å². The van der Waals surface area contributed by atoms with Crippen LogP contribution in [0, 0.1) is 5.92 Å². The van der Waals surface area contributed by atoms with E-state index in [2.05, 4.69) is 19.3 Å². The molecule has 3 N–H and O–H groups in total. The Kier molecular flexibility index (Phi) is 4.22. The van der Waals surface area contributed by atoms with E-state index in [4.69, 9.17) is 15.6 Å². The summed E-state index contributed by atoms with van der Waals surface area (Å²) in [6, 6.07) is 7.91. The number of para-hydroxylation sites is 1. The van der Waals surface area contributed by atoms with Crippen molar-refractivity contribution in [1.29, 1.82) is 0 Å². The zero-order valence-corrected chi connectivity index (χ0v) is 11.7. The number of nitrogen functional groups attached to an aromatic ring is 1. The number of aromatic nitrogens is 1. The first-order valence-electron chi connectivity index (χ1n) is 6.67. The predicted molar refractivity (Wildman–Crippen MR) is 79.3 cm³/mol. The van der Waals surface area contributed by atoms with Gasteiger partial charge in [-0.2, -0.15) is 0 Å². The minimum atomic E-state index is 0.551. The molecule has 0 saturated heterocycles. The topological polar surface area (TPSA) is 60.2 Å². The standard InChI is InChI=1S/C15H21N3O/c1-4-19-14-7-5-6-12-13(18-16)9-11(8-10(2)3)17-15(12)14/h5-7,9-10H,4,8,16H2,1-3H3,(H,17,18). The Balaban J connectivity index is 2.60. The number of rotatable bonds is 5. The second-order valence-corrected chi connectivity index (χ2v) is 4.99. The van der Waals surface area contributed by atoms with Crippen LogP contribution in [-0.4, -0.2) is 11.6 Å². The zero-order chi connectivity index (χ0) is 13.8. The molecular weight excluding hydrogens is 238 g/mol. The van der Waals surface area contributed by atoms with Crippen molar-refractivity contribution in [2.75, 3.05) is 12.0 Å². The van der Waals surface area contributed by atoms with Crippen molar-refractivity contribution < 1.29 is 4.74 Å². The summed E-state index contributed by atoms with van der Waals surface area (Å²) < 4.78 is 5.65. The van der Waals surface area contributed by atoms with Crippen LogP contribution in [0.1, 0.15) is 26.5 Å². The monoisotopic (exact) mass is 259 g/mol.